The van der Waals surface area contributed by atoms with Gasteiger partial charge in [0.05, 0.1) is 0 Å². The molecule has 7 rings (SSSR count). The van der Waals surface area contributed by atoms with Crippen LogP contribution in [0.2, 0.25) is 0 Å². The number of rotatable bonds is 12. The molecule has 5 nitrogen and oxygen atoms in total. The fourth-order valence-corrected chi connectivity index (χ4v) is 8.72. The zero-order valence-corrected chi connectivity index (χ0v) is 29.9. The topological polar surface area (TPSA) is 30.0 Å². The smallest absolute Gasteiger partial charge is 0.254 e. The number of anilines is 1. The van der Waals surface area contributed by atoms with Crippen molar-refractivity contribution in [2.24, 2.45) is 5.92 Å². The van der Waals surface area contributed by atoms with Crippen molar-refractivity contribution in [1.82, 2.24) is 14.7 Å². The molecule has 2 aliphatic heterocycles. The second-order valence-electron chi connectivity index (χ2n) is 15.0. The van der Waals surface area contributed by atoms with Crippen molar-refractivity contribution < 1.29 is 4.79 Å². The van der Waals surface area contributed by atoms with Gasteiger partial charge in [0.25, 0.3) is 5.91 Å². The molecule has 50 heavy (non-hydrogen) atoms. The van der Waals surface area contributed by atoms with Crippen molar-refractivity contribution in [3.63, 3.8) is 0 Å². The number of likely N-dealkylation sites (tertiary alicyclic amines) is 1. The Morgan fingerprint density at radius 3 is 1.90 bits per heavy atom. The second-order valence-corrected chi connectivity index (χ2v) is 15.0. The molecule has 0 spiro atoms. The molecule has 0 N–H and O–H groups in total. The van der Waals surface area contributed by atoms with Gasteiger partial charge in [-0.25, -0.2) is 0 Å². The Kier molecular flexibility index (Phi) is 12.0. The van der Waals surface area contributed by atoms with Gasteiger partial charge in [0.15, 0.2) is 0 Å². The third-order valence-electron chi connectivity index (χ3n) is 11.7. The molecule has 2 heterocycles. The minimum absolute atomic E-state index is 0.241. The van der Waals surface area contributed by atoms with Crippen LogP contribution >= 0.6 is 0 Å². The maximum absolute atomic E-state index is 14.4. The molecule has 0 atom stereocenters. The first-order chi connectivity index (χ1) is 24.7. The van der Waals surface area contributed by atoms with Crippen molar-refractivity contribution in [3.05, 3.63) is 138 Å². The van der Waals surface area contributed by atoms with E-state index in [0.29, 0.717) is 17.9 Å². The van der Waals surface area contributed by atoms with Crippen molar-refractivity contribution >= 4 is 11.6 Å². The van der Waals surface area contributed by atoms with E-state index in [1.807, 2.05) is 0 Å². The normalized spacial score (nSPS) is 18.4. The van der Waals surface area contributed by atoms with Crippen LogP contribution in [0.5, 0.6) is 0 Å². The summed E-state index contributed by atoms with van der Waals surface area (Å²) in [5.74, 6) is 1.28. The Bertz CT molecular complexity index is 1550. The van der Waals surface area contributed by atoms with Gasteiger partial charge in [0.1, 0.15) is 0 Å². The molecule has 4 aromatic carbocycles. The first-order valence-electron chi connectivity index (χ1n) is 19.4. The zero-order valence-electron chi connectivity index (χ0n) is 29.9. The standard InChI is InChI=1S/C45H56N4O/c50-45(49(36-38-16-7-2-8-17-38)42-24-27-47(28-25-42)35-37-14-5-1-6-15-37)41-22-13-23-43(34-41)48-32-30-46(31-33-48)29-26-44(39-18-9-3-10-19-39)40-20-11-4-12-21-40/h1,3-6,9-15,18-23,34,38,42,44H,2,7-8,16-17,24-33,35-36H2. The average Bonchev–Trinajstić information content (AvgIpc) is 3.19. The molecule has 2 saturated heterocycles. The van der Waals surface area contributed by atoms with Crippen LogP contribution in [0.15, 0.2) is 115 Å². The maximum Gasteiger partial charge on any atom is 0.254 e. The Balaban J connectivity index is 0.971. The Labute approximate surface area is 300 Å². The van der Waals surface area contributed by atoms with Gasteiger partial charge < -0.3 is 9.80 Å². The summed E-state index contributed by atoms with van der Waals surface area (Å²) in [7, 11) is 0. The van der Waals surface area contributed by atoms with E-state index < -0.39 is 0 Å². The number of hydrogen-bond donors (Lipinski definition) is 0. The highest BCUT2D eigenvalue weighted by Crippen LogP contribution is 2.31. The SMILES string of the molecule is O=C(c1cccc(N2CCN(CCC(c3ccccc3)c3ccccc3)CC2)c1)N(CC1CCCCC1)C1CCN(Cc2ccccc2)CC1. The molecule has 0 radical (unpaired) electrons. The quantitative estimate of drug-likeness (QED) is 0.151. The highest BCUT2D eigenvalue weighted by Gasteiger charge is 2.31. The Morgan fingerprint density at radius 1 is 0.640 bits per heavy atom. The van der Waals surface area contributed by atoms with Crippen LogP contribution in [0.4, 0.5) is 5.69 Å². The number of carbonyl (C=O) groups is 1. The molecular formula is C45H56N4O. The van der Waals surface area contributed by atoms with E-state index in [4.69, 9.17) is 0 Å². The molecule has 0 unspecified atom stereocenters. The van der Waals surface area contributed by atoms with Gasteiger partial charge in [-0.3, -0.25) is 14.6 Å². The molecule has 0 aromatic heterocycles. The number of carbonyl (C=O) groups excluding carboxylic acids is 1. The summed E-state index contributed by atoms with van der Waals surface area (Å²) >= 11 is 0. The van der Waals surface area contributed by atoms with Crippen LogP contribution in [0, 0.1) is 5.92 Å². The van der Waals surface area contributed by atoms with Crippen molar-refractivity contribution in [1.29, 1.82) is 0 Å². The summed E-state index contributed by atoms with van der Waals surface area (Å²) in [5, 5.41) is 0. The number of benzene rings is 4. The molecule has 3 fully saturated rings. The molecule has 1 saturated carbocycles. The van der Waals surface area contributed by atoms with Crippen LogP contribution in [0.3, 0.4) is 0 Å². The molecular weight excluding hydrogens is 613 g/mol. The molecule has 4 aromatic rings. The van der Waals surface area contributed by atoms with E-state index in [1.165, 1.54) is 54.5 Å². The molecule has 5 heteroatoms. The largest absolute Gasteiger partial charge is 0.369 e. The van der Waals surface area contributed by atoms with Gasteiger partial charge in [-0.2, -0.15) is 0 Å². The average molecular weight is 669 g/mol. The van der Waals surface area contributed by atoms with Gasteiger partial charge in [-0.15, -0.1) is 0 Å². The third kappa shape index (κ3) is 9.04. The minimum Gasteiger partial charge on any atom is -0.369 e. The fourth-order valence-electron chi connectivity index (χ4n) is 8.72. The monoisotopic (exact) mass is 668 g/mol. The highest BCUT2D eigenvalue weighted by atomic mass is 16.2. The molecule has 3 aliphatic rings. The fraction of sp³-hybridized carbons (Fsp3) is 0.444. The molecule has 1 amide bonds. The number of amides is 1. The first kappa shape index (κ1) is 34.5. The Morgan fingerprint density at radius 2 is 1.26 bits per heavy atom. The van der Waals surface area contributed by atoms with Crippen LogP contribution in [0.25, 0.3) is 0 Å². The third-order valence-corrected chi connectivity index (χ3v) is 11.7. The summed E-state index contributed by atoms with van der Waals surface area (Å²) in [6.07, 6.45) is 9.71. The lowest BCUT2D eigenvalue weighted by atomic mass is 9.88. The van der Waals surface area contributed by atoms with Crippen LogP contribution in [-0.4, -0.2) is 79.0 Å². The lowest BCUT2D eigenvalue weighted by molar-refractivity contribution is 0.0497. The highest BCUT2D eigenvalue weighted by molar-refractivity contribution is 5.95. The predicted molar refractivity (Wildman–Crippen MR) is 207 cm³/mol. The number of piperazine rings is 1. The molecule has 1 aliphatic carbocycles. The Hall–Kier alpha value is -3.93. The number of nitrogens with zero attached hydrogens (tertiary/aromatic N) is 4. The second kappa shape index (κ2) is 17.3. The van der Waals surface area contributed by atoms with Gasteiger partial charge in [-0.05, 0) is 79.5 Å². The molecule has 262 valence electrons. The zero-order chi connectivity index (χ0) is 34.0. The summed E-state index contributed by atoms with van der Waals surface area (Å²) in [5.41, 5.74) is 6.23. The van der Waals surface area contributed by atoms with Crippen molar-refractivity contribution in [2.75, 3.05) is 57.3 Å². The first-order valence-corrected chi connectivity index (χ1v) is 19.4. The van der Waals surface area contributed by atoms with Crippen LogP contribution in [-0.2, 0) is 6.54 Å². The van der Waals surface area contributed by atoms with Crippen LogP contribution < -0.4 is 4.90 Å². The van der Waals surface area contributed by atoms with E-state index in [1.54, 1.807) is 0 Å². The summed E-state index contributed by atoms with van der Waals surface area (Å²) in [6.45, 7) is 9.17. The maximum atomic E-state index is 14.4. The van der Waals surface area contributed by atoms with Crippen molar-refractivity contribution in [2.45, 2.75) is 69.9 Å². The van der Waals surface area contributed by atoms with Gasteiger partial charge in [0, 0.05) is 75.6 Å². The predicted octanol–water partition coefficient (Wildman–Crippen LogP) is 8.72. The van der Waals surface area contributed by atoms with E-state index >= 15 is 0 Å². The lowest BCUT2D eigenvalue weighted by Crippen LogP contribution is -2.49. The summed E-state index contributed by atoms with van der Waals surface area (Å²) in [6, 6.07) is 41.7. The van der Waals surface area contributed by atoms with E-state index in [2.05, 4.69) is 135 Å². The summed E-state index contributed by atoms with van der Waals surface area (Å²) < 4.78 is 0. The van der Waals surface area contributed by atoms with Gasteiger partial charge in [-0.1, -0.05) is 116 Å². The van der Waals surface area contributed by atoms with E-state index in [-0.39, 0.29) is 5.91 Å². The number of hydrogen-bond acceptors (Lipinski definition) is 4. The minimum atomic E-state index is 0.241. The van der Waals surface area contributed by atoms with Crippen LogP contribution in [0.1, 0.15) is 84.3 Å². The lowest BCUT2D eigenvalue weighted by Gasteiger charge is -2.41. The van der Waals surface area contributed by atoms with Gasteiger partial charge >= 0.3 is 0 Å². The molecule has 0 bridgehead atoms. The van der Waals surface area contributed by atoms with E-state index in [9.17, 15) is 4.79 Å². The van der Waals surface area contributed by atoms with E-state index in [0.717, 1.165) is 83.7 Å². The number of piperidine rings is 1. The van der Waals surface area contributed by atoms with Gasteiger partial charge in [0.2, 0.25) is 0 Å². The van der Waals surface area contributed by atoms with Crippen molar-refractivity contribution in [3.8, 4) is 0 Å². The summed E-state index contributed by atoms with van der Waals surface area (Å²) in [4.78, 5) is 24.4.